The molecule has 1 aromatic heterocycles. The molecule has 180 valence electrons. The van der Waals surface area contributed by atoms with E-state index in [-0.39, 0.29) is 49.1 Å². The third-order valence-corrected chi connectivity index (χ3v) is 5.14. The molecule has 0 radical (unpaired) electrons. The van der Waals surface area contributed by atoms with Crippen LogP contribution in [0.3, 0.4) is 0 Å². The number of nitriles is 1. The minimum Gasteiger partial charge on any atom is -0.487 e. The highest BCUT2D eigenvalue weighted by atomic mass is 19.4. The number of anilines is 1. The molecule has 0 spiro atoms. The summed E-state index contributed by atoms with van der Waals surface area (Å²) in [5, 5.41) is 12.2. The average molecular weight is 476 g/mol. The van der Waals surface area contributed by atoms with Crippen LogP contribution in [0.4, 0.5) is 19.0 Å². The monoisotopic (exact) mass is 476 g/mol. The molecule has 3 rings (SSSR count). The van der Waals surface area contributed by atoms with Gasteiger partial charge in [-0.05, 0) is 37.6 Å². The lowest BCUT2D eigenvalue weighted by Gasteiger charge is -2.40. The predicted molar refractivity (Wildman–Crippen MR) is 115 cm³/mol. The molecule has 2 aromatic rings. The normalized spacial score (nSPS) is 14.6. The number of hydrogen-bond acceptors (Lipinski definition) is 7. The summed E-state index contributed by atoms with van der Waals surface area (Å²) in [6.45, 7) is 5.06. The van der Waals surface area contributed by atoms with Crippen molar-refractivity contribution in [1.29, 1.82) is 5.26 Å². The predicted octanol–water partition coefficient (Wildman–Crippen LogP) is 3.61. The van der Waals surface area contributed by atoms with Gasteiger partial charge >= 0.3 is 12.1 Å². The summed E-state index contributed by atoms with van der Waals surface area (Å²) in [5.41, 5.74) is -1.46. The molecule has 1 unspecified atom stereocenters. The fourth-order valence-corrected chi connectivity index (χ4v) is 3.51. The van der Waals surface area contributed by atoms with Crippen LogP contribution in [0, 0.1) is 11.3 Å². The van der Waals surface area contributed by atoms with Crippen molar-refractivity contribution in [2.24, 2.45) is 0 Å². The number of carbonyl (C=O) groups is 2. The fourth-order valence-electron chi connectivity index (χ4n) is 3.51. The zero-order valence-electron chi connectivity index (χ0n) is 18.8. The highest BCUT2D eigenvalue weighted by Gasteiger charge is 2.41. The number of aromatic nitrogens is 1. The van der Waals surface area contributed by atoms with E-state index < -0.39 is 23.4 Å². The lowest BCUT2D eigenvalue weighted by Crippen LogP contribution is -2.54. The van der Waals surface area contributed by atoms with E-state index in [4.69, 9.17) is 4.74 Å². The Morgan fingerprint density at radius 1 is 1.29 bits per heavy atom. The number of nitrogens with zero attached hydrogens (tertiary/aromatic N) is 3. The Morgan fingerprint density at radius 2 is 1.94 bits per heavy atom. The molecule has 1 aliphatic rings. The zero-order chi connectivity index (χ0) is 25.0. The van der Waals surface area contributed by atoms with E-state index in [1.165, 1.54) is 18.7 Å². The van der Waals surface area contributed by atoms with E-state index in [1.54, 1.807) is 18.2 Å². The van der Waals surface area contributed by atoms with E-state index in [2.05, 4.69) is 15.0 Å². The average Bonchev–Trinajstić information content (AvgIpc) is 2.74. The van der Waals surface area contributed by atoms with E-state index in [0.717, 1.165) is 11.6 Å². The van der Waals surface area contributed by atoms with Crippen molar-refractivity contribution in [3.05, 3.63) is 52.7 Å². The molecule has 1 N–H and O–H groups in total. The molecule has 0 bridgehead atoms. The van der Waals surface area contributed by atoms with Crippen molar-refractivity contribution in [3.8, 4) is 11.8 Å². The first-order valence-electron chi connectivity index (χ1n) is 10.5. The Hall–Kier alpha value is -3.81. The van der Waals surface area contributed by atoms with Gasteiger partial charge in [-0.25, -0.2) is 9.78 Å². The van der Waals surface area contributed by atoms with Crippen molar-refractivity contribution >= 4 is 17.7 Å². The third-order valence-electron chi connectivity index (χ3n) is 5.14. The molecule has 11 heteroatoms. The Morgan fingerprint density at radius 3 is 2.47 bits per heavy atom. The van der Waals surface area contributed by atoms with Gasteiger partial charge in [-0.3, -0.25) is 4.79 Å². The summed E-state index contributed by atoms with van der Waals surface area (Å²) < 4.78 is 51.2. The number of nitrogens with one attached hydrogen (secondary N) is 1. The SMILES string of the molecule is CCOC(=O)c1cc(C#N)c(N2CC(Oc3ccc(C(C)NC(C)=O)cc3)C2)nc1C(F)(F)F. The van der Waals surface area contributed by atoms with Crippen LogP contribution in [0.25, 0.3) is 0 Å². The van der Waals surface area contributed by atoms with Crippen molar-refractivity contribution in [2.75, 3.05) is 24.6 Å². The fraction of sp³-hybridized carbons (Fsp3) is 0.391. The van der Waals surface area contributed by atoms with Crippen LogP contribution in [-0.4, -0.2) is 42.7 Å². The maximum atomic E-state index is 13.6. The van der Waals surface area contributed by atoms with Gasteiger partial charge < -0.3 is 19.7 Å². The van der Waals surface area contributed by atoms with Gasteiger partial charge in [-0.1, -0.05) is 12.1 Å². The molecular formula is C23H23F3N4O4. The van der Waals surface area contributed by atoms with Gasteiger partial charge in [0.15, 0.2) is 5.69 Å². The van der Waals surface area contributed by atoms with Gasteiger partial charge in [0.1, 0.15) is 23.7 Å². The quantitative estimate of drug-likeness (QED) is 0.609. The minimum atomic E-state index is -4.90. The van der Waals surface area contributed by atoms with Gasteiger partial charge in [-0.2, -0.15) is 18.4 Å². The summed E-state index contributed by atoms with van der Waals surface area (Å²) >= 11 is 0. The second-order valence-electron chi connectivity index (χ2n) is 7.72. The van der Waals surface area contributed by atoms with Crippen LogP contribution < -0.4 is 15.0 Å². The van der Waals surface area contributed by atoms with E-state index >= 15 is 0 Å². The Labute approximate surface area is 194 Å². The van der Waals surface area contributed by atoms with Crippen LogP contribution in [-0.2, 0) is 15.7 Å². The maximum Gasteiger partial charge on any atom is 0.434 e. The first kappa shape index (κ1) is 24.8. The van der Waals surface area contributed by atoms with Crippen LogP contribution in [0.1, 0.15) is 54.0 Å². The summed E-state index contributed by atoms with van der Waals surface area (Å²) in [5.74, 6) is -0.934. The van der Waals surface area contributed by atoms with Gasteiger partial charge in [0.25, 0.3) is 0 Å². The summed E-state index contributed by atoms with van der Waals surface area (Å²) in [4.78, 5) is 28.3. The number of benzene rings is 1. The van der Waals surface area contributed by atoms with Crippen LogP contribution in [0.5, 0.6) is 5.75 Å². The molecule has 1 aliphatic heterocycles. The number of alkyl halides is 3. The molecule has 1 amide bonds. The third kappa shape index (κ3) is 5.57. The molecule has 8 nitrogen and oxygen atoms in total. The second kappa shape index (κ2) is 9.99. The van der Waals surface area contributed by atoms with Crippen molar-refractivity contribution in [1.82, 2.24) is 10.3 Å². The molecular weight excluding hydrogens is 453 g/mol. The number of halogens is 3. The molecule has 1 atom stereocenters. The first-order chi connectivity index (χ1) is 16.0. The van der Waals surface area contributed by atoms with E-state index in [9.17, 15) is 28.0 Å². The number of hydrogen-bond donors (Lipinski definition) is 1. The van der Waals surface area contributed by atoms with Crippen molar-refractivity contribution < 1.29 is 32.2 Å². The summed E-state index contributed by atoms with van der Waals surface area (Å²) in [6, 6.07) is 9.61. The highest BCUT2D eigenvalue weighted by Crippen LogP contribution is 2.35. The molecule has 34 heavy (non-hydrogen) atoms. The number of pyridine rings is 1. The lowest BCUT2D eigenvalue weighted by atomic mass is 10.1. The van der Waals surface area contributed by atoms with E-state index in [0.29, 0.717) is 5.75 Å². The lowest BCUT2D eigenvalue weighted by molar-refractivity contribution is -0.141. The van der Waals surface area contributed by atoms with Gasteiger partial charge in [0.2, 0.25) is 5.91 Å². The largest absolute Gasteiger partial charge is 0.487 e. The topological polar surface area (TPSA) is 105 Å². The molecule has 1 fully saturated rings. The number of esters is 1. The number of amides is 1. The van der Waals surface area contributed by atoms with E-state index in [1.807, 2.05) is 19.1 Å². The second-order valence-corrected chi connectivity index (χ2v) is 7.72. The highest BCUT2D eigenvalue weighted by molar-refractivity contribution is 5.92. The van der Waals surface area contributed by atoms with Crippen LogP contribution in [0.2, 0.25) is 0 Å². The standard InChI is InChI=1S/C23H23F3N4O4/c1-4-33-22(32)19-9-16(10-27)21(29-20(19)23(24,25)26)30-11-18(12-30)34-17-7-5-15(6-8-17)13(2)28-14(3)31/h5-9,13,18H,4,11-12H2,1-3H3,(H,28,31). The molecule has 0 saturated carbocycles. The number of rotatable bonds is 7. The van der Waals surface area contributed by atoms with Gasteiger partial charge in [0, 0.05) is 6.92 Å². The van der Waals surface area contributed by atoms with Crippen LogP contribution >= 0.6 is 0 Å². The van der Waals surface area contributed by atoms with Gasteiger partial charge in [0.05, 0.1) is 36.9 Å². The Kier molecular flexibility index (Phi) is 7.29. The number of ether oxygens (including phenoxy) is 2. The summed E-state index contributed by atoms with van der Waals surface area (Å²) in [6.07, 6.45) is -5.23. The molecule has 1 aromatic carbocycles. The molecule has 1 saturated heterocycles. The Bertz CT molecular complexity index is 1110. The minimum absolute atomic E-state index is 0.113. The zero-order valence-corrected chi connectivity index (χ0v) is 18.8. The van der Waals surface area contributed by atoms with Crippen LogP contribution in [0.15, 0.2) is 30.3 Å². The van der Waals surface area contributed by atoms with Crippen molar-refractivity contribution in [3.63, 3.8) is 0 Å². The maximum absolute atomic E-state index is 13.6. The molecule has 2 heterocycles. The summed E-state index contributed by atoms with van der Waals surface area (Å²) in [7, 11) is 0. The first-order valence-corrected chi connectivity index (χ1v) is 10.5. The number of carbonyl (C=O) groups excluding carboxylic acids is 2. The van der Waals surface area contributed by atoms with Gasteiger partial charge in [-0.15, -0.1) is 0 Å². The Balaban J connectivity index is 1.73. The molecule has 0 aliphatic carbocycles. The smallest absolute Gasteiger partial charge is 0.434 e. The van der Waals surface area contributed by atoms with Crippen molar-refractivity contribution in [2.45, 2.75) is 39.1 Å².